The van der Waals surface area contributed by atoms with Crippen LogP contribution in [0.5, 0.6) is 0 Å². The van der Waals surface area contributed by atoms with E-state index in [9.17, 15) is 14.4 Å². The van der Waals surface area contributed by atoms with Crippen LogP contribution in [0.3, 0.4) is 0 Å². The molecule has 0 bridgehead atoms. The first kappa shape index (κ1) is 22.6. The number of thioether (sulfide) groups is 1. The van der Waals surface area contributed by atoms with Crippen molar-refractivity contribution < 1.29 is 9.18 Å². The number of anilines is 1. The van der Waals surface area contributed by atoms with Crippen molar-refractivity contribution in [3.8, 4) is 17.4 Å². The van der Waals surface area contributed by atoms with E-state index in [1.165, 1.54) is 23.9 Å². The van der Waals surface area contributed by atoms with Crippen LogP contribution in [0.2, 0.25) is 5.02 Å². The Hall–Kier alpha value is -3.61. The van der Waals surface area contributed by atoms with Gasteiger partial charge in [-0.3, -0.25) is 13.9 Å². The maximum Gasteiger partial charge on any atom is 0.236 e. The minimum Gasteiger partial charge on any atom is -0.310 e. The van der Waals surface area contributed by atoms with Crippen molar-refractivity contribution in [1.82, 2.24) is 19.3 Å². The maximum atomic E-state index is 13.9. The molecule has 7 nitrogen and oxygen atoms in total. The lowest BCUT2D eigenvalue weighted by Gasteiger charge is -2.13. The number of halogens is 2. The van der Waals surface area contributed by atoms with Gasteiger partial charge >= 0.3 is 0 Å². The molecular weight excluding hydrogens is 463 g/mol. The van der Waals surface area contributed by atoms with Gasteiger partial charge < -0.3 is 5.32 Å². The lowest BCUT2D eigenvalue weighted by atomic mass is 10.2. The summed E-state index contributed by atoms with van der Waals surface area (Å²) in [5.74, 6) is -0.423. The molecule has 0 aliphatic heterocycles. The molecule has 33 heavy (non-hydrogen) atoms. The first-order chi connectivity index (χ1) is 15.9. The van der Waals surface area contributed by atoms with Gasteiger partial charge in [0.2, 0.25) is 5.91 Å². The van der Waals surface area contributed by atoms with Crippen LogP contribution < -0.4 is 5.32 Å². The third-order valence-corrected chi connectivity index (χ3v) is 6.26. The summed E-state index contributed by atoms with van der Waals surface area (Å²) in [6, 6.07) is 15.3. The van der Waals surface area contributed by atoms with Gasteiger partial charge in [0.25, 0.3) is 0 Å². The molecule has 0 fully saturated rings. The molecule has 0 aliphatic carbocycles. The fourth-order valence-corrected chi connectivity index (χ4v) is 4.34. The highest BCUT2D eigenvalue weighted by Gasteiger charge is 2.21. The number of nitrogens with zero attached hydrogens (tertiary/aromatic N) is 5. The number of rotatable bonds is 6. The summed E-state index contributed by atoms with van der Waals surface area (Å²) in [6.07, 6.45) is 1.54. The van der Waals surface area contributed by atoms with Crippen LogP contribution in [0.15, 0.2) is 60.0 Å². The summed E-state index contributed by atoms with van der Waals surface area (Å²) < 4.78 is 17.3. The Balaban J connectivity index is 1.58. The van der Waals surface area contributed by atoms with E-state index in [1.807, 2.05) is 19.1 Å². The third-order valence-electron chi connectivity index (χ3n) is 5.08. The van der Waals surface area contributed by atoms with E-state index in [0.717, 1.165) is 11.4 Å². The largest absolute Gasteiger partial charge is 0.310 e. The molecule has 0 atom stereocenters. The fourth-order valence-electron chi connectivity index (χ4n) is 3.42. The maximum absolute atomic E-state index is 13.9. The highest BCUT2D eigenvalue weighted by Crippen LogP contribution is 2.30. The molecule has 0 spiro atoms. The normalized spacial score (nSPS) is 10.8. The van der Waals surface area contributed by atoms with Crippen LogP contribution in [0.25, 0.3) is 11.4 Å². The Bertz CT molecular complexity index is 1390. The quantitative estimate of drug-likeness (QED) is 0.389. The highest BCUT2D eigenvalue weighted by atomic mass is 35.5. The zero-order chi connectivity index (χ0) is 23.5. The number of carbonyl (C=O) groups is 1. The first-order valence-corrected chi connectivity index (χ1v) is 11.2. The van der Waals surface area contributed by atoms with Crippen molar-refractivity contribution in [2.45, 2.75) is 19.0 Å². The van der Waals surface area contributed by atoms with Gasteiger partial charge in [0.05, 0.1) is 22.7 Å². The van der Waals surface area contributed by atoms with Crippen molar-refractivity contribution in [2.75, 3.05) is 11.1 Å². The van der Waals surface area contributed by atoms with Crippen LogP contribution in [-0.4, -0.2) is 31.0 Å². The number of carbonyl (C=O) groups excluding carboxylic acids is 1. The Labute approximate surface area is 198 Å². The van der Waals surface area contributed by atoms with Gasteiger partial charge in [0.1, 0.15) is 24.0 Å². The first-order valence-electron chi connectivity index (χ1n) is 9.85. The van der Waals surface area contributed by atoms with Gasteiger partial charge in [-0.1, -0.05) is 35.5 Å². The van der Waals surface area contributed by atoms with Crippen molar-refractivity contribution in [3.63, 3.8) is 0 Å². The van der Waals surface area contributed by atoms with E-state index in [0.29, 0.717) is 32.8 Å². The van der Waals surface area contributed by atoms with Gasteiger partial charge in [-0.05, 0) is 55.8 Å². The SMILES string of the molecule is Cc1c(C#N)c(NC(=O)CSc2nncn2-c2cccc(Cl)c2)n(-c2cccc(F)c2)c1C. The molecule has 2 aromatic carbocycles. The van der Waals surface area contributed by atoms with E-state index >= 15 is 0 Å². The number of aromatic nitrogens is 4. The van der Waals surface area contributed by atoms with Crippen LogP contribution in [0.1, 0.15) is 16.8 Å². The topological polar surface area (TPSA) is 88.5 Å². The van der Waals surface area contributed by atoms with Crippen molar-refractivity contribution in [2.24, 2.45) is 0 Å². The predicted octanol–water partition coefficient (Wildman–Crippen LogP) is 5.07. The van der Waals surface area contributed by atoms with Crippen molar-refractivity contribution in [1.29, 1.82) is 5.26 Å². The summed E-state index contributed by atoms with van der Waals surface area (Å²) in [6.45, 7) is 3.61. The zero-order valence-corrected chi connectivity index (χ0v) is 19.3. The van der Waals surface area contributed by atoms with Gasteiger partial charge in [0.15, 0.2) is 5.16 Å². The average molecular weight is 481 g/mol. The second-order valence-corrected chi connectivity index (χ2v) is 8.54. The van der Waals surface area contributed by atoms with E-state index in [4.69, 9.17) is 11.6 Å². The molecule has 4 rings (SSSR count). The monoisotopic (exact) mass is 480 g/mol. The summed E-state index contributed by atoms with van der Waals surface area (Å²) in [5, 5.41) is 21.6. The van der Waals surface area contributed by atoms with E-state index in [1.54, 1.807) is 46.7 Å². The van der Waals surface area contributed by atoms with Crippen LogP contribution >= 0.6 is 23.4 Å². The molecule has 166 valence electrons. The van der Waals surface area contributed by atoms with Crippen LogP contribution in [0, 0.1) is 31.0 Å². The number of benzene rings is 2. The van der Waals surface area contributed by atoms with E-state index in [-0.39, 0.29) is 11.7 Å². The lowest BCUT2D eigenvalue weighted by molar-refractivity contribution is -0.113. The molecular formula is C23H18ClFN6OS. The number of amides is 1. The second-order valence-electron chi connectivity index (χ2n) is 7.16. The number of hydrogen-bond donors (Lipinski definition) is 1. The summed E-state index contributed by atoms with van der Waals surface area (Å²) >= 11 is 7.27. The average Bonchev–Trinajstić information content (AvgIpc) is 3.35. The molecule has 1 N–H and O–H groups in total. The molecule has 0 radical (unpaired) electrons. The van der Waals surface area contributed by atoms with Crippen LogP contribution in [0.4, 0.5) is 10.2 Å². The molecule has 0 aliphatic rings. The molecule has 0 saturated heterocycles. The van der Waals surface area contributed by atoms with E-state index < -0.39 is 5.82 Å². The summed E-state index contributed by atoms with van der Waals surface area (Å²) in [5.41, 5.74) is 3.07. The van der Waals surface area contributed by atoms with Gasteiger partial charge in [-0.15, -0.1) is 10.2 Å². The molecule has 10 heteroatoms. The van der Waals surface area contributed by atoms with Gasteiger partial charge in [-0.25, -0.2) is 4.39 Å². The molecule has 2 heterocycles. The Kier molecular flexibility index (Phi) is 6.49. The highest BCUT2D eigenvalue weighted by molar-refractivity contribution is 7.99. The minimum atomic E-state index is -0.412. The van der Waals surface area contributed by atoms with E-state index in [2.05, 4.69) is 21.6 Å². The molecule has 1 amide bonds. The van der Waals surface area contributed by atoms with Gasteiger partial charge in [-0.2, -0.15) is 5.26 Å². The zero-order valence-electron chi connectivity index (χ0n) is 17.7. The Morgan fingerprint density at radius 3 is 2.70 bits per heavy atom. The molecule has 2 aromatic heterocycles. The molecule has 4 aromatic rings. The molecule has 0 saturated carbocycles. The number of nitriles is 1. The minimum absolute atomic E-state index is 0.0244. The fraction of sp³-hybridized carbons (Fsp3) is 0.130. The van der Waals surface area contributed by atoms with Crippen molar-refractivity contribution >= 4 is 35.1 Å². The van der Waals surface area contributed by atoms with Gasteiger partial charge in [0, 0.05) is 10.7 Å². The summed E-state index contributed by atoms with van der Waals surface area (Å²) in [7, 11) is 0. The Morgan fingerprint density at radius 1 is 1.21 bits per heavy atom. The smallest absolute Gasteiger partial charge is 0.236 e. The van der Waals surface area contributed by atoms with Crippen LogP contribution in [-0.2, 0) is 4.79 Å². The Morgan fingerprint density at radius 2 is 1.97 bits per heavy atom. The lowest BCUT2D eigenvalue weighted by Crippen LogP contribution is -2.18. The molecule has 0 unspecified atom stereocenters. The second kappa shape index (κ2) is 9.48. The summed E-state index contributed by atoms with van der Waals surface area (Å²) in [4.78, 5) is 12.8. The standard InChI is InChI=1S/C23H18ClFN6OS/c1-14-15(2)31(19-8-4-6-17(25)10-19)22(20(14)11-26)28-21(32)12-33-23-29-27-13-30(23)18-7-3-5-16(24)9-18/h3-10,13H,12H2,1-2H3,(H,28,32). The third kappa shape index (κ3) is 4.62. The predicted molar refractivity (Wildman–Crippen MR) is 126 cm³/mol. The van der Waals surface area contributed by atoms with Crippen molar-refractivity contribution in [3.05, 3.63) is 82.5 Å². The number of nitrogens with one attached hydrogen (secondary N) is 1. The number of hydrogen-bond acceptors (Lipinski definition) is 5.